The van der Waals surface area contributed by atoms with Crippen LogP contribution in [-0.2, 0) is 0 Å². The molecule has 0 bridgehead atoms. The van der Waals surface area contributed by atoms with Crippen LogP contribution in [0.25, 0.3) is 27.6 Å². The number of hydrogen-bond acceptors (Lipinski definition) is 4. The van der Waals surface area contributed by atoms with Crippen molar-refractivity contribution in [3.63, 3.8) is 0 Å². The summed E-state index contributed by atoms with van der Waals surface area (Å²) in [5.74, 6) is -0.266. The van der Waals surface area contributed by atoms with Gasteiger partial charge in [0, 0.05) is 0 Å². The minimum atomic E-state index is -2.78. The molecule has 2 aromatic heterocycles. The first-order valence-corrected chi connectivity index (χ1v) is 11.0. The van der Waals surface area contributed by atoms with Gasteiger partial charge in [0.1, 0.15) is 11.6 Å². The van der Waals surface area contributed by atoms with E-state index in [-0.39, 0.29) is 11.4 Å². The lowest BCUT2D eigenvalue weighted by Gasteiger charge is -2.17. The van der Waals surface area contributed by atoms with Crippen LogP contribution in [0, 0.1) is 5.82 Å². The number of rotatable bonds is 5. The monoisotopic (exact) mass is 466 g/mol. The molecule has 9 heteroatoms. The van der Waals surface area contributed by atoms with Crippen LogP contribution in [-0.4, -0.2) is 19.1 Å². The smallest absolute Gasteiger partial charge is 0.269 e. The van der Waals surface area contributed by atoms with E-state index >= 15 is 0 Å². The molecule has 0 radical (unpaired) electrons. The molecule has 1 unspecified atom stereocenters. The Hall–Kier alpha value is -3.59. The Kier molecular flexibility index (Phi) is 5.41. The fraction of sp³-hybridized carbons (Fsp3) is 0.125. The van der Waals surface area contributed by atoms with Crippen molar-refractivity contribution < 1.29 is 13.2 Å². The molecule has 0 aliphatic heterocycles. The summed E-state index contributed by atoms with van der Waals surface area (Å²) >= 11 is 1.14. The highest BCUT2D eigenvalue weighted by molar-refractivity contribution is 7.99. The van der Waals surface area contributed by atoms with Gasteiger partial charge in [-0.15, -0.1) is 0 Å². The molecule has 0 saturated carbocycles. The van der Waals surface area contributed by atoms with Crippen molar-refractivity contribution in [2.75, 3.05) is 0 Å². The summed E-state index contributed by atoms with van der Waals surface area (Å²) in [4.78, 5) is 22.4. The van der Waals surface area contributed by atoms with Gasteiger partial charge in [0.15, 0.2) is 5.16 Å². The quantitative estimate of drug-likeness (QED) is 0.231. The molecule has 0 aliphatic carbocycles. The molecule has 166 valence electrons. The van der Waals surface area contributed by atoms with E-state index in [2.05, 4.69) is 9.97 Å². The summed E-state index contributed by atoms with van der Waals surface area (Å²) in [6.45, 7) is -1.04. The normalized spacial score (nSPS) is 12.6. The third-order valence-corrected chi connectivity index (χ3v) is 6.34. The summed E-state index contributed by atoms with van der Waals surface area (Å²) in [7, 11) is 0. The number of fused-ring (bicyclic) bond motifs is 2. The van der Waals surface area contributed by atoms with Crippen molar-refractivity contribution in [1.29, 1.82) is 0 Å². The molecule has 2 heterocycles. The van der Waals surface area contributed by atoms with E-state index < -0.39 is 17.6 Å². The molecule has 0 spiro atoms. The zero-order valence-electron chi connectivity index (χ0n) is 17.3. The van der Waals surface area contributed by atoms with E-state index in [4.69, 9.17) is 0 Å². The SMILES string of the molecule is CC(Sc1nc2ccccc2c(=O)n1-c1ccc(F)cc1)c1nc2ccccc2n1C(F)F. The van der Waals surface area contributed by atoms with E-state index in [1.807, 2.05) is 0 Å². The van der Waals surface area contributed by atoms with Gasteiger partial charge in [0.25, 0.3) is 5.56 Å². The standard InChI is InChI=1S/C24H17F3N4OS/c1-14(21-28-19-8-4-5-9-20(19)31(21)23(26)27)33-24-29-18-7-3-2-6-17(18)22(32)30(24)16-12-10-15(25)11-13-16/h2-14,23H,1H3. The van der Waals surface area contributed by atoms with Crippen molar-refractivity contribution in [2.24, 2.45) is 0 Å². The average molecular weight is 466 g/mol. The van der Waals surface area contributed by atoms with Crippen LogP contribution in [0.4, 0.5) is 13.2 Å². The molecule has 5 aromatic rings. The second-order valence-corrected chi connectivity index (χ2v) is 8.70. The maximum atomic E-state index is 14.0. The van der Waals surface area contributed by atoms with Gasteiger partial charge < -0.3 is 0 Å². The number of alkyl halides is 2. The molecule has 0 aliphatic rings. The van der Waals surface area contributed by atoms with E-state index in [9.17, 15) is 18.0 Å². The van der Waals surface area contributed by atoms with Crippen LogP contribution in [0.1, 0.15) is 24.5 Å². The molecule has 33 heavy (non-hydrogen) atoms. The number of nitrogens with zero attached hydrogens (tertiary/aromatic N) is 4. The molecule has 5 nitrogen and oxygen atoms in total. The van der Waals surface area contributed by atoms with Crippen LogP contribution in [0.3, 0.4) is 0 Å². The Bertz CT molecular complexity index is 1530. The first-order chi connectivity index (χ1) is 15.9. The second-order valence-electron chi connectivity index (χ2n) is 7.39. The Morgan fingerprint density at radius 2 is 1.55 bits per heavy atom. The number of benzene rings is 3. The Labute approximate surface area is 190 Å². The Balaban J connectivity index is 1.67. The lowest BCUT2D eigenvalue weighted by Crippen LogP contribution is -2.22. The van der Waals surface area contributed by atoms with Crippen molar-refractivity contribution >= 4 is 33.7 Å². The van der Waals surface area contributed by atoms with E-state index in [0.717, 1.165) is 16.3 Å². The van der Waals surface area contributed by atoms with Gasteiger partial charge in [-0.2, -0.15) is 8.78 Å². The first kappa shape index (κ1) is 21.3. The van der Waals surface area contributed by atoms with Crippen molar-refractivity contribution in [2.45, 2.75) is 23.9 Å². The summed E-state index contributed by atoms with van der Waals surface area (Å²) in [6, 6.07) is 19.1. The van der Waals surface area contributed by atoms with Gasteiger partial charge >= 0.3 is 6.55 Å². The van der Waals surface area contributed by atoms with Crippen molar-refractivity contribution in [1.82, 2.24) is 19.1 Å². The molecule has 5 rings (SSSR count). The predicted molar refractivity (Wildman–Crippen MR) is 123 cm³/mol. The van der Waals surface area contributed by atoms with Crippen LogP contribution in [0.5, 0.6) is 0 Å². The molecule has 0 amide bonds. The van der Waals surface area contributed by atoms with E-state index in [0.29, 0.717) is 32.8 Å². The zero-order valence-corrected chi connectivity index (χ0v) is 18.1. The minimum absolute atomic E-state index is 0.171. The number of aromatic nitrogens is 4. The summed E-state index contributed by atoms with van der Waals surface area (Å²) in [6.07, 6.45) is 0. The summed E-state index contributed by atoms with van der Waals surface area (Å²) in [5.41, 5.74) is 1.37. The van der Waals surface area contributed by atoms with Gasteiger partial charge in [0.05, 0.1) is 32.9 Å². The topological polar surface area (TPSA) is 52.7 Å². The first-order valence-electron chi connectivity index (χ1n) is 10.1. The minimum Gasteiger partial charge on any atom is -0.269 e. The number of imidazole rings is 1. The highest BCUT2D eigenvalue weighted by Crippen LogP contribution is 2.37. The maximum absolute atomic E-state index is 14.0. The molecular formula is C24H17F3N4OS. The zero-order chi connectivity index (χ0) is 23.1. The third-order valence-electron chi connectivity index (χ3n) is 5.29. The molecule has 3 aromatic carbocycles. The van der Waals surface area contributed by atoms with Crippen LogP contribution < -0.4 is 5.56 Å². The third kappa shape index (κ3) is 3.78. The Morgan fingerprint density at radius 3 is 2.27 bits per heavy atom. The van der Waals surface area contributed by atoms with Gasteiger partial charge in [0.2, 0.25) is 0 Å². The van der Waals surface area contributed by atoms with Gasteiger partial charge in [-0.3, -0.25) is 13.9 Å². The van der Waals surface area contributed by atoms with Gasteiger partial charge in [-0.05, 0) is 55.5 Å². The molecule has 0 saturated heterocycles. The molecular weight excluding hydrogens is 449 g/mol. The number of thioether (sulfide) groups is 1. The fourth-order valence-corrected chi connectivity index (χ4v) is 4.81. The lowest BCUT2D eigenvalue weighted by atomic mass is 10.2. The van der Waals surface area contributed by atoms with Crippen LogP contribution >= 0.6 is 11.8 Å². The largest absolute Gasteiger partial charge is 0.320 e. The number of para-hydroxylation sites is 3. The molecule has 1 atom stereocenters. The molecule has 0 N–H and O–H groups in total. The maximum Gasteiger partial charge on any atom is 0.320 e. The highest BCUT2D eigenvalue weighted by atomic mass is 32.2. The molecule has 0 fully saturated rings. The summed E-state index contributed by atoms with van der Waals surface area (Å²) in [5, 5.41) is 0.135. The number of halogens is 3. The van der Waals surface area contributed by atoms with Gasteiger partial charge in [-0.25, -0.2) is 14.4 Å². The second kappa shape index (κ2) is 8.40. The van der Waals surface area contributed by atoms with Crippen LogP contribution in [0.2, 0.25) is 0 Å². The average Bonchev–Trinajstić information content (AvgIpc) is 3.20. The van der Waals surface area contributed by atoms with Crippen molar-refractivity contribution in [3.8, 4) is 5.69 Å². The highest BCUT2D eigenvalue weighted by Gasteiger charge is 2.24. The Morgan fingerprint density at radius 1 is 0.879 bits per heavy atom. The van der Waals surface area contributed by atoms with Crippen molar-refractivity contribution in [3.05, 3.63) is 94.8 Å². The fourth-order valence-electron chi connectivity index (χ4n) is 3.78. The lowest BCUT2D eigenvalue weighted by molar-refractivity contribution is 0.0715. The van der Waals surface area contributed by atoms with E-state index in [1.165, 1.54) is 28.8 Å². The van der Waals surface area contributed by atoms with E-state index in [1.54, 1.807) is 55.5 Å². The number of hydrogen-bond donors (Lipinski definition) is 0. The van der Waals surface area contributed by atoms with Gasteiger partial charge in [-0.1, -0.05) is 36.0 Å². The summed E-state index contributed by atoms with van der Waals surface area (Å²) < 4.78 is 43.7. The van der Waals surface area contributed by atoms with Crippen LogP contribution in [0.15, 0.2) is 82.7 Å². The predicted octanol–water partition coefficient (Wildman–Crippen LogP) is 6.12.